The van der Waals surface area contributed by atoms with Crippen LogP contribution in [0.25, 0.3) is 0 Å². The van der Waals surface area contributed by atoms with E-state index in [0.717, 1.165) is 32.2 Å². The molecule has 2 heterocycles. The fourth-order valence-electron chi connectivity index (χ4n) is 5.82. The number of rotatable bonds is 2. The fraction of sp³-hybridized carbons (Fsp3) is 0.947. The molecular formula is C19H30FNO3. The predicted octanol–water partition coefficient (Wildman–Crippen LogP) is 2.85. The molecule has 0 bridgehead atoms. The van der Waals surface area contributed by atoms with Gasteiger partial charge in [0.05, 0.1) is 25.2 Å². The second-order valence-electron chi connectivity index (χ2n) is 8.30. The highest BCUT2D eigenvalue weighted by atomic mass is 19.1. The number of halogens is 1. The van der Waals surface area contributed by atoms with E-state index in [1.165, 1.54) is 20.0 Å². The van der Waals surface area contributed by atoms with Gasteiger partial charge in [-0.1, -0.05) is 0 Å². The van der Waals surface area contributed by atoms with Gasteiger partial charge < -0.3 is 14.8 Å². The molecule has 6 unspecified atom stereocenters. The van der Waals surface area contributed by atoms with Crippen molar-refractivity contribution in [1.29, 1.82) is 0 Å². The van der Waals surface area contributed by atoms with Crippen LogP contribution in [0.3, 0.4) is 0 Å². The Hall–Kier alpha value is -0.680. The van der Waals surface area contributed by atoms with Gasteiger partial charge in [-0.2, -0.15) is 0 Å². The van der Waals surface area contributed by atoms with Gasteiger partial charge in [-0.25, -0.2) is 4.39 Å². The van der Waals surface area contributed by atoms with E-state index in [1.54, 1.807) is 0 Å². The Balaban J connectivity index is 1.53. The third-order valence-electron chi connectivity index (χ3n) is 7.05. The molecule has 0 aromatic carbocycles. The van der Waals surface area contributed by atoms with Gasteiger partial charge in [0.25, 0.3) is 0 Å². The van der Waals surface area contributed by atoms with Crippen molar-refractivity contribution in [2.75, 3.05) is 13.7 Å². The molecule has 0 amide bonds. The molecule has 4 nitrogen and oxygen atoms in total. The molecule has 2 aliphatic carbocycles. The summed E-state index contributed by atoms with van der Waals surface area (Å²) in [5.74, 6) is 0.991. The molecule has 6 atom stereocenters. The minimum atomic E-state index is -0.673. The zero-order valence-electron chi connectivity index (χ0n) is 14.6. The number of hydrogen-bond acceptors (Lipinski definition) is 4. The van der Waals surface area contributed by atoms with E-state index in [-0.39, 0.29) is 30.0 Å². The number of ether oxygens (including phenoxy) is 2. The van der Waals surface area contributed by atoms with Crippen molar-refractivity contribution in [1.82, 2.24) is 5.32 Å². The number of carbonyl (C=O) groups excluding carboxylic acids is 1. The van der Waals surface area contributed by atoms with Crippen LogP contribution in [0.2, 0.25) is 0 Å². The van der Waals surface area contributed by atoms with E-state index in [9.17, 15) is 9.18 Å². The first kappa shape index (κ1) is 16.8. The van der Waals surface area contributed by atoms with E-state index in [1.807, 2.05) is 0 Å². The number of nitrogens with one attached hydrogen (secondary N) is 1. The van der Waals surface area contributed by atoms with Crippen LogP contribution < -0.4 is 5.32 Å². The summed E-state index contributed by atoms with van der Waals surface area (Å²) < 4.78 is 25.1. The smallest absolute Gasteiger partial charge is 0.311 e. The molecule has 1 N–H and O–H groups in total. The molecule has 0 radical (unpaired) electrons. The highest BCUT2D eigenvalue weighted by Gasteiger charge is 2.55. The lowest BCUT2D eigenvalue weighted by atomic mass is 9.67. The van der Waals surface area contributed by atoms with Crippen LogP contribution in [0.15, 0.2) is 0 Å². The quantitative estimate of drug-likeness (QED) is 0.786. The summed E-state index contributed by atoms with van der Waals surface area (Å²) in [6, 6.07) is 0.540. The lowest BCUT2D eigenvalue weighted by Crippen LogP contribution is -2.49. The number of esters is 1. The van der Waals surface area contributed by atoms with Crippen LogP contribution in [0, 0.1) is 23.7 Å². The van der Waals surface area contributed by atoms with E-state index in [2.05, 4.69) is 5.32 Å². The molecule has 2 aliphatic heterocycles. The highest BCUT2D eigenvalue weighted by Crippen LogP contribution is 2.49. The SMILES string of the molecule is COC(=O)C1C2CC3CCCNC3CC2OC1C1CCC(F)CC1. The average molecular weight is 339 g/mol. The zero-order valence-corrected chi connectivity index (χ0v) is 14.6. The number of alkyl halides is 1. The summed E-state index contributed by atoms with van der Waals surface area (Å²) in [4.78, 5) is 12.6. The number of piperidine rings is 1. The molecule has 4 rings (SSSR count). The van der Waals surface area contributed by atoms with Crippen LogP contribution in [-0.2, 0) is 14.3 Å². The molecule has 0 aromatic heterocycles. The van der Waals surface area contributed by atoms with Crippen LogP contribution in [0.4, 0.5) is 4.39 Å². The third kappa shape index (κ3) is 2.98. The van der Waals surface area contributed by atoms with Crippen molar-refractivity contribution < 1.29 is 18.7 Å². The summed E-state index contributed by atoms with van der Waals surface area (Å²) in [5, 5.41) is 3.65. The van der Waals surface area contributed by atoms with Crippen molar-refractivity contribution in [3.05, 3.63) is 0 Å². The first-order valence-electron chi connectivity index (χ1n) is 9.78. The first-order valence-corrected chi connectivity index (χ1v) is 9.78. The number of fused-ring (bicyclic) bond motifs is 2. The third-order valence-corrected chi connectivity index (χ3v) is 7.05. The van der Waals surface area contributed by atoms with Crippen LogP contribution in [0.1, 0.15) is 51.4 Å². The van der Waals surface area contributed by atoms with Gasteiger partial charge in [0, 0.05) is 12.0 Å². The predicted molar refractivity (Wildman–Crippen MR) is 88.3 cm³/mol. The van der Waals surface area contributed by atoms with E-state index < -0.39 is 6.17 Å². The summed E-state index contributed by atoms with van der Waals surface area (Å²) in [6.07, 6.45) is 6.88. The largest absolute Gasteiger partial charge is 0.469 e. The average Bonchev–Trinajstić information content (AvgIpc) is 2.98. The molecule has 136 valence electrons. The van der Waals surface area contributed by atoms with Crippen LogP contribution in [-0.4, -0.2) is 44.0 Å². The van der Waals surface area contributed by atoms with Crippen molar-refractivity contribution in [2.24, 2.45) is 23.7 Å². The molecule has 2 saturated carbocycles. The Labute approximate surface area is 143 Å². The molecule has 24 heavy (non-hydrogen) atoms. The Morgan fingerprint density at radius 1 is 1.12 bits per heavy atom. The molecule has 2 saturated heterocycles. The lowest BCUT2D eigenvalue weighted by Gasteiger charge is -2.42. The van der Waals surface area contributed by atoms with Crippen molar-refractivity contribution in [2.45, 2.75) is 75.8 Å². The molecular weight excluding hydrogens is 309 g/mol. The van der Waals surface area contributed by atoms with Gasteiger partial charge in [0.1, 0.15) is 6.17 Å². The van der Waals surface area contributed by atoms with E-state index in [0.29, 0.717) is 30.7 Å². The topological polar surface area (TPSA) is 47.6 Å². The van der Waals surface area contributed by atoms with Gasteiger partial charge >= 0.3 is 5.97 Å². The molecule has 4 aliphatic rings. The Morgan fingerprint density at radius 3 is 2.67 bits per heavy atom. The standard InChI is InChI=1S/C19H30FNO3/c1-23-19(22)17-14-9-12-3-2-8-21-15(12)10-16(14)24-18(17)11-4-6-13(20)7-5-11/h11-18,21H,2-10H2,1H3. The van der Waals surface area contributed by atoms with Gasteiger partial charge in [-0.15, -0.1) is 0 Å². The summed E-state index contributed by atoms with van der Waals surface area (Å²) in [7, 11) is 1.49. The summed E-state index contributed by atoms with van der Waals surface area (Å²) >= 11 is 0. The Kier molecular flexibility index (Phi) is 4.83. The minimum absolute atomic E-state index is 0.0693. The van der Waals surface area contributed by atoms with Gasteiger partial charge in [-0.05, 0) is 69.7 Å². The van der Waals surface area contributed by atoms with Crippen molar-refractivity contribution in [3.8, 4) is 0 Å². The molecule has 0 aromatic rings. The minimum Gasteiger partial charge on any atom is -0.469 e. The summed E-state index contributed by atoms with van der Waals surface area (Å²) in [6.45, 7) is 1.10. The number of hydrogen-bond donors (Lipinski definition) is 1. The Morgan fingerprint density at radius 2 is 1.92 bits per heavy atom. The second-order valence-corrected chi connectivity index (χ2v) is 8.30. The van der Waals surface area contributed by atoms with Crippen molar-refractivity contribution >= 4 is 5.97 Å². The Bertz CT molecular complexity index is 466. The second kappa shape index (κ2) is 6.91. The maximum atomic E-state index is 13.5. The van der Waals surface area contributed by atoms with Crippen molar-refractivity contribution in [3.63, 3.8) is 0 Å². The van der Waals surface area contributed by atoms with Crippen LogP contribution >= 0.6 is 0 Å². The number of methoxy groups -OCH3 is 1. The summed E-state index contributed by atoms with van der Waals surface area (Å²) in [5.41, 5.74) is 0. The van der Waals surface area contributed by atoms with Crippen LogP contribution in [0.5, 0.6) is 0 Å². The van der Waals surface area contributed by atoms with E-state index >= 15 is 0 Å². The van der Waals surface area contributed by atoms with E-state index in [4.69, 9.17) is 9.47 Å². The normalized spacial score (nSPS) is 48.4. The van der Waals surface area contributed by atoms with Gasteiger partial charge in [0.2, 0.25) is 0 Å². The lowest BCUT2D eigenvalue weighted by molar-refractivity contribution is -0.150. The molecule has 5 heteroatoms. The maximum Gasteiger partial charge on any atom is 0.311 e. The number of carbonyl (C=O) groups is 1. The zero-order chi connectivity index (χ0) is 16.7. The highest BCUT2D eigenvalue weighted by molar-refractivity contribution is 5.74. The van der Waals surface area contributed by atoms with Gasteiger partial charge in [-0.3, -0.25) is 4.79 Å². The maximum absolute atomic E-state index is 13.5. The monoisotopic (exact) mass is 339 g/mol. The molecule has 4 fully saturated rings. The molecule has 0 spiro atoms. The first-order chi connectivity index (χ1) is 11.7. The fourth-order valence-corrected chi connectivity index (χ4v) is 5.82. The van der Waals surface area contributed by atoms with Gasteiger partial charge in [0.15, 0.2) is 0 Å².